The second kappa shape index (κ2) is 6.83. The smallest absolute Gasteiger partial charge is 0.308 e. The summed E-state index contributed by atoms with van der Waals surface area (Å²) in [6, 6.07) is 5.88. The lowest BCUT2D eigenvalue weighted by Crippen LogP contribution is -2.36. The first-order valence-corrected chi connectivity index (χ1v) is 6.46. The van der Waals surface area contributed by atoms with Crippen LogP contribution in [0, 0.1) is 16.0 Å². The summed E-state index contributed by atoms with van der Waals surface area (Å²) in [6.07, 6.45) is 0. The third kappa shape index (κ3) is 4.27. The van der Waals surface area contributed by atoms with Crippen LogP contribution in [-0.2, 0) is 9.59 Å². The standard InChI is InChI=1S/C14H18N2O5/c1-9(14(18)19)8-15(3)13(17)10(2)11-5-4-6-12(7-11)16(20)21/h4-7,9-10H,8H2,1-3H3,(H,18,19). The molecular formula is C14H18N2O5. The molecule has 7 heteroatoms. The van der Waals surface area contributed by atoms with Crippen LogP contribution in [0.4, 0.5) is 5.69 Å². The molecule has 0 saturated carbocycles. The third-order valence-corrected chi connectivity index (χ3v) is 3.30. The number of non-ortho nitro benzene ring substituents is 1. The van der Waals surface area contributed by atoms with Gasteiger partial charge in [0.05, 0.1) is 16.8 Å². The van der Waals surface area contributed by atoms with Crippen molar-refractivity contribution in [3.05, 3.63) is 39.9 Å². The molecule has 0 aliphatic rings. The number of likely N-dealkylation sites (N-methyl/N-ethyl adjacent to an activating group) is 1. The number of carboxylic acids is 1. The molecule has 0 aromatic heterocycles. The highest BCUT2D eigenvalue weighted by atomic mass is 16.6. The summed E-state index contributed by atoms with van der Waals surface area (Å²) >= 11 is 0. The molecular weight excluding hydrogens is 276 g/mol. The molecule has 0 fully saturated rings. The number of carbonyl (C=O) groups excluding carboxylic acids is 1. The number of benzene rings is 1. The maximum Gasteiger partial charge on any atom is 0.308 e. The Morgan fingerprint density at radius 3 is 2.52 bits per heavy atom. The number of amides is 1. The Hall–Kier alpha value is -2.44. The Balaban J connectivity index is 2.84. The van der Waals surface area contributed by atoms with Crippen molar-refractivity contribution < 1.29 is 19.6 Å². The van der Waals surface area contributed by atoms with Crippen molar-refractivity contribution in [2.45, 2.75) is 19.8 Å². The molecule has 0 aliphatic carbocycles. The Bertz CT molecular complexity index is 558. The van der Waals surface area contributed by atoms with E-state index in [1.165, 1.54) is 37.1 Å². The lowest BCUT2D eigenvalue weighted by atomic mass is 9.99. The van der Waals surface area contributed by atoms with Crippen LogP contribution in [0.3, 0.4) is 0 Å². The fraction of sp³-hybridized carbons (Fsp3) is 0.429. The number of carboxylic acid groups (broad SMARTS) is 1. The van der Waals surface area contributed by atoms with E-state index in [-0.39, 0.29) is 18.1 Å². The van der Waals surface area contributed by atoms with E-state index in [0.717, 1.165) is 0 Å². The van der Waals surface area contributed by atoms with Crippen LogP contribution in [0.1, 0.15) is 25.3 Å². The fourth-order valence-electron chi connectivity index (χ4n) is 1.96. The van der Waals surface area contributed by atoms with Crippen LogP contribution in [0.25, 0.3) is 0 Å². The van der Waals surface area contributed by atoms with Gasteiger partial charge in [-0.15, -0.1) is 0 Å². The first kappa shape index (κ1) is 16.6. The van der Waals surface area contributed by atoms with Crippen molar-refractivity contribution in [1.82, 2.24) is 4.90 Å². The van der Waals surface area contributed by atoms with E-state index in [4.69, 9.17) is 5.11 Å². The minimum Gasteiger partial charge on any atom is -0.481 e. The average molecular weight is 294 g/mol. The van der Waals surface area contributed by atoms with Crippen molar-refractivity contribution in [1.29, 1.82) is 0 Å². The van der Waals surface area contributed by atoms with Crippen LogP contribution in [-0.4, -0.2) is 40.4 Å². The molecule has 0 bridgehead atoms. The highest BCUT2D eigenvalue weighted by Gasteiger charge is 2.23. The number of nitro groups is 1. The lowest BCUT2D eigenvalue weighted by Gasteiger charge is -2.23. The lowest BCUT2D eigenvalue weighted by molar-refractivity contribution is -0.384. The van der Waals surface area contributed by atoms with E-state index in [1.807, 2.05) is 0 Å². The molecule has 0 aliphatic heterocycles. The summed E-state index contributed by atoms with van der Waals surface area (Å²) in [5, 5.41) is 19.6. The number of rotatable bonds is 6. The molecule has 1 rings (SSSR count). The van der Waals surface area contributed by atoms with E-state index in [1.54, 1.807) is 13.0 Å². The maximum atomic E-state index is 12.2. The van der Waals surface area contributed by atoms with Gasteiger partial charge in [-0.3, -0.25) is 19.7 Å². The Morgan fingerprint density at radius 2 is 2.00 bits per heavy atom. The normalized spacial score (nSPS) is 13.3. The molecule has 1 aromatic carbocycles. The summed E-state index contributed by atoms with van der Waals surface area (Å²) in [7, 11) is 1.52. The van der Waals surface area contributed by atoms with Gasteiger partial charge in [-0.25, -0.2) is 0 Å². The highest BCUT2D eigenvalue weighted by Crippen LogP contribution is 2.22. The van der Waals surface area contributed by atoms with Crippen LogP contribution in [0.15, 0.2) is 24.3 Å². The van der Waals surface area contributed by atoms with Gasteiger partial charge in [-0.2, -0.15) is 0 Å². The predicted octanol–water partition coefficient (Wildman–Crippen LogP) is 1.88. The van der Waals surface area contributed by atoms with E-state index < -0.39 is 22.7 Å². The Morgan fingerprint density at radius 1 is 1.38 bits per heavy atom. The molecule has 1 aromatic rings. The Kier molecular flexibility index (Phi) is 5.40. The zero-order valence-electron chi connectivity index (χ0n) is 12.1. The number of carbonyl (C=O) groups is 2. The number of hydrogen-bond donors (Lipinski definition) is 1. The molecule has 0 heterocycles. The number of nitro benzene ring substituents is 1. The monoisotopic (exact) mass is 294 g/mol. The van der Waals surface area contributed by atoms with Gasteiger partial charge in [0.25, 0.3) is 5.69 Å². The highest BCUT2D eigenvalue weighted by molar-refractivity contribution is 5.83. The van der Waals surface area contributed by atoms with Gasteiger partial charge >= 0.3 is 5.97 Å². The van der Waals surface area contributed by atoms with Crippen molar-refractivity contribution in [2.75, 3.05) is 13.6 Å². The minimum atomic E-state index is -0.974. The van der Waals surface area contributed by atoms with Crippen molar-refractivity contribution in [2.24, 2.45) is 5.92 Å². The Labute approximate surface area is 122 Å². The van der Waals surface area contributed by atoms with E-state index >= 15 is 0 Å². The summed E-state index contributed by atoms with van der Waals surface area (Å²) in [4.78, 5) is 34.6. The largest absolute Gasteiger partial charge is 0.481 e. The molecule has 2 unspecified atom stereocenters. The van der Waals surface area contributed by atoms with Gasteiger partial charge in [0.2, 0.25) is 5.91 Å². The quantitative estimate of drug-likeness (QED) is 0.637. The zero-order chi connectivity index (χ0) is 16.2. The second-order valence-corrected chi connectivity index (χ2v) is 5.03. The van der Waals surface area contributed by atoms with Gasteiger partial charge in [0, 0.05) is 25.7 Å². The number of nitrogens with zero attached hydrogens (tertiary/aromatic N) is 2. The van der Waals surface area contributed by atoms with E-state index in [2.05, 4.69) is 0 Å². The molecule has 1 amide bonds. The molecule has 0 radical (unpaired) electrons. The van der Waals surface area contributed by atoms with E-state index in [0.29, 0.717) is 5.56 Å². The van der Waals surface area contributed by atoms with Gasteiger partial charge in [-0.05, 0) is 12.5 Å². The topological polar surface area (TPSA) is 101 Å². The summed E-state index contributed by atoms with van der Waals surface area (Å²) in [6.45, 7) is 3.25. The minimum absolute atomic E-state index is 0.0753. The van der Waals surface area contributed by atoms with Crippen molar-refractivity contribution in [3.8, 4) is 0 Å². The summed E-state index contributed by atoms with van der Waals surface area (Å²) in [5.41, 5.74) is 0.456. The van der Waals surface area contributed by atoms with Crippen LogP contribution in [0.5, 0.6) is 0 Å². The number of hydrogen-bond acceptors (Lipinski definition) is 4. The fourth-order valence-corrected chi connectivity index (χ4v) is 1.96. The van der Waals surface area contributed by atoms with Crippen LogP contribution >= 0.6 is 0 Å². The molecule has 114 valence electrons. The molecule has 1 N–H and O–H groups in total. The first-order chi connectivity index (χ1) is 9.73. The molecule has 21 heavy (non-hydrogen) atoms. The summed E-state index contributed by atoms with van der Waals surface area (Å²) in [5.74, 6) is -2.49. The predicted molar refractivity (Wildman–Crippen MR) is 75.9 cm³/mol. The summed E-state index contributed by atoms with van der Waals surface area (Å²) < 4.78 is 0. The van der Waals surface area contributed by atoms with Gasteiger partial charge < -0.3 is 10.0 Å². The second-order valence-electron chi connectivity index (χ2n) is 5.03. The van der Waals surface area contributed by atoms with Crippen molar-refractivity contribution in [3.63, 3.8) is 0 Å². The van der Waals surface area contributed by atoms with Gasteiger partial charge in [0.15, 0.2) is 0 Å². The SMILES string of the molecule is CC(CN(C)C(=O)C(C)c1cccc([N+](=O)[O-])c1)C(=O)O. The van der Waals surface area contributed by atoms with E-state index in [9.17, 15) is 19.7 Å². The van der Waals surface area contributed by atoms with Crippen LogP contribution < -0.4 is 0 Å². The maximum absolute atomic E-state index is 12.2. The molecule has 2 atom stereocenters. The average Bonchev–Trinajstić information content (AvgIpc) is 2.45. The third-order valence-electron chi connectivity index (χ3n) is 3.30. The van der Waals surface area contributed by atoms with Gasteiger partial charge in [0.1, 0.15) is 0 Å². The van der Waals surface area contributed by atoms with Gasteiger partial charge in [-0.1, -0.05) is 19.1 Å². The molecule has 0 saturated heterocycles. The van der Waals surface area contributed by atoms with Crippen LogP contribution in [0.2, 0.25) is 0 Å². The molecule has 7 nitrogen and oxygen atoms in total. The van der Waals surface area contributed by atoms with Crippen molar-refractivity contribution >= 4 is 17.6 Å². The first-order valence-electron chi connectivity index (χ1n) is 6.46. The number of aliphatic carboxylic acids is 1. The zero-order valence-corrected chi connectivity index (χ0v) is 12.1. The molecule has 0 spiro atoms.